The summed E-state index contributed by atoms with van der Waals surface area (Å²) in [6.45, 7) is 9.66. The molecule has 1 aromatic carbocycles. The molecular weight excluding hydrogens is 344 g/mol. The summed E-state index contributed by atoms with van der Waals surface area (Å²) in [5.74, 6) is 1.26. The zero-order valence-electron chi connectivity index (χ0n) is 17.0. The molecule has 1 fully saturated rings. The van der Waals surface area contributed by atoms with Gasteiger partial charge in [-0.05, 0) is 64.0 Å². The maximum absolute atomic E-state index is 12.6. The van der Waals surface area contributed by atoms with E-state index in [-0.39, 0.29) is 17.9 Å². The van der Waals surface area contributed by atoms with Crippen LogP contribution >= 0.6 is 0 Å². The highest BCUT2D eigenvalue weighted by Gasteiger charge is 2.35. The molecule has 0 aromatic heterocycles. The Labute approximate surface area is 162 Å². The number of para-hydroxylation sites is 1. The summed E-state index contributed by atoms with van der Waals surface area (Å²) in [5, 5.41) is 0. The van der Waals surface area contributed by atoms with Gasteiger partial charge in [0.05, 0.1) is 6.10 Å². The molecule has 1 aromatic rings. The van der Waals surface area contributed by atoms with Crippen LogP contribution in [0.4, 0.5) is 4.79 Å². The molecule has 0 aliphatic heterocycles. The molecule has 0 saturated heterocycles. The lowest BCUT2D eigenvalue weighted by atomic mass is 9.74. The fourth-order valence-corrected chi connectivity index (χ4v) is 3.37. The van der Waals surface area contributed by atoms with Crippen LogP contribution in [0.25, 0.3) is 0 Å². The molecule has 3 atom stereocenters. The van der Waals surface area contributed by atoms with E-state index in [1.165, 1.54) is 0 Å². The summed E-state index contributed by atoms with van der Waals surface area (Å²) < 4.78 is 11.3. The van der Waals surface area contributed by atoms with Gasteiger partial charge in [0, 0.05) is 5.92 Å². The number of amides is 2. The van der Waals surface area contributed by atoms with E-state index in [0.717, 1.165) is 18.6 Å². The van der Waals surface area contributed by atoms with E-state index in [9.17, 15) is 9.59 Å². The standard InChI is InChI=1S/C21H32N2O4/c1-14(2)15-11-16(19(24)22-23-20(25)27-21(3,4)5)13-18(12-15)26-17-9-7-6-8-10-17/h6-10,14-16,18H,11-13H2,1-5H3,(H,22,24)(H,23,25). The highest BCUT2D eigenvalue weighted by atomic mass is 16.6. The fraction of sp³-hybridized carbons (Fsp3) is 0.619. The zero-order valence-corrected chi connectivity index (χ0v) is 17.0. The third-order valence-electron chi connectivity index (χ3n) is 4.75. The molecule has 1 aliphatic rings. The molecule has 2 rings (SSSR count). The van der Waals surface area contributed by atoms with Gasteiger partial charge in [-0.15, -0.1) is 0 Å². The molecule has 27 heavy (non-hydrogen) atoms. The van der Waals surface area contributed by atoms with Gasteiger partial charge < -0.3 is 9.47 Å². The highest BCUT2D eigenvalue weighted by molar-refractivity contribution is 5.81. The van der Waals surface area contributed by atoms with E-state index in [4.69, 9.17) is 9.47 Å². The van der Waals surface area contributed by atoms with Crippen molar-refractivity contribution >= 4 is 12.0 Å². The second-order valence-electron chi connectivity index (χ2n) is 8.58. The summed E-state index contributed by atoms with van der Waals surface area (Å²) in [6, 6.07) is 9.68. The minimum atomic E-state index is -0.663. The summed E-state index contributed by atoms with van der Waals surface area (Å²) in [5.41, 5.74) is 4.23. The Morgan fingerprint density at radius 2 is 1.70 bits per heavy atom. The average Bonchev–Trinajstić information content (AvgIpc) is 2.58. The van der Waals surface area contributed by atoms with Gasteiger partial charge in [0.2, 0.25) is 5.91 Å². The summed E-state index contributed by atoms with van der Waals surface area (Å²) >= 11 is 0. The second kappa shape index (κ2) is 9.11. The van der Waals surface area contributed by atoms with Crippen LogP contribution in [-0.2, 0) is 9.53 Å². The number of hydrazine groups is 1. The molecule has 6 heteroatoms. The number of hydrogen-bond donors (Lipinski definition) is 2. The Morgan fingerprint density at radius 1 is 1.04 bits per heavy atom. The van der Waals surface area contributed by atoms with Crippen molar-refractivity contribution in [3.05, 3.63) is 30.3 Å². The molecular formula is C21H32N2O4. The Bertz CT molecular complexity index is 625. The lowest BCUT2D eigenvalue weighted by Crippen LogP contribution is -2.48. The number of rotatable bonds is 4. The van der Waals surface area contributed by atoms with Gasteiger partial charge in [-0.25, -0.2) is 10.2 Å². The maximum Gasteiger partial charge on any atom is 0.426 e. The van der Waals surface area contributed by atoms with E-state index < -0.39 is 11.7 Å². The highest BCUT2D eigenvalue weighted by Crippen LogP contribution is 2.36. The number of carbonyl (C=O) groups is 2. The first-order valence-corrected chi connectivity index (χ1v) is 9.64. The van der Waals surface area contributed by atoms with Crippen LogP contribution in [0, 0.1) is 17.8 Å². The van der Waals surface area contributed by atoms with Crippen molar-refractivity contribution < 1.29 is 19.1 Å². The lowest BCUT2D eigenvalue weighted by Gasteiger charge is -2.36. The Morgan fingerprint density at radius 3 is 2.30 bits per heavy atom. The Kier molecular flexibility index (Phi) is 7.11. The minimum Gasteiger partial charge on any atom is -0.490 e. The predicted octanol–water partition coefficient (Wildman–Crippen LogP) is 4.06. The van der Waals surface area contributed by atoms with E-state index in [1.807, 2.05) is 30.3 Å². The topological polar surface area (TPSA) is 76.7 Å². The predicted molar refractivity (Wildman–Crippen MR) is 104 cm³/mol. The smallest absolute Gasteiger partial charge is 0.426 e. The molecule has 2 amide bonds. The van der Waals surface area contributed by atoms with Gasteiger partial charge in [-0.1, -0.05) is 32.0 Å². The largest absolute Gasteiger partial charge is 0.490 e. The Balaban J connectivity index is 1.95. The molecule has 2 N–H and O–H groups in total. The molecule has 0 radical (unpaired) electrons. The van der Waals surface area contributed by atoms with Gasteiger partial charge in [0.1, 0.15) is 11.4 Å². The molecule has 0 bridgehead atoms. The first-order valence-electron chi connectivity index (χ1n) is 9.64. The van der Waals surface area contributed by atoms with Gasteiger partial charge in [-0.3, -0.25) is 10.2 Å². The first kappa shape index (κ1) is 21.1. The van der Waals surface area contributed by atoms with Crippen molar-refractivity contribution in [3.63, 3.8) is 0 Å². The third kappa shape index (κ3) is 7.12. The number of nitrogens with one attached hydrogen (secondary N) is 2. The maximum atomic E-state index is 12.6. The molecule has 0 heterocycles. The fourth-order valence-electron chi connectivity index (χ4n) is 3.37. The van der Waals surface area contributed by atoms with Gasteiger partial charge >= 0.3 is 6.09 Å². The lowest BCUT2D eigenvalue weighted by molar-refractivity contribution is -0.129. The molecule has 1 aliphatic carbocycles. The third-order valence-corrected chi connectivity index (χ3v) is 4.75. The number of carbonyl (C=O) groups excluding carboxylic acids is 2. The van der Waals surface area contributed by atoms with Crippen molar-refractivity contribution in [2.24, 2.45) is 17.8 Å². The van der Waals surface area contributed by atoms with E-state index >= 15 is 0 Å². The SMILES string of the molecule is CC(C)C1CC(Oc2ccccc2)CC(C(=O)NNC(=O)OC(C)(C)C)C1. The van der Waals surface area contributed by atoms with Gasteiger partial charge in [0.25, 0.3) is 0 Å². The van der Waals surface area contributed by atoms with Crippen LogP contribution in [0.15, 0.2) is 30.3 Å². The molecule has 150 valence electrons. The molecule has 3 unspecified atom stereocenters. The zero-order chi connectivity index (χ0) is 20.0. The minimum absolute atomic E-state index is 0.0224. The summed E-state index contributed by atoms with van der Waals surface area (Å²) in [6.07, 6.45) is 1.65. The van der Waals surface area contributed by atoms with Crippen molar-refractivity contribution in [2.45, 2.75) is 65.6 Å². The van der Waals surface area contributed by atoms with Crippen molar-refractivity contribution in [3.8, 4) is 5.75 Å². The Hall–Kier alpha value is -2.24. The van der Waals surface area contributed by atoms with Crippen molar-refractivity contribution in [1.82, 2.24) is 10.9 Å². The van der Waals surface area contributed by atoms with Crippen LogP contribution in [-0.4, -0.2) is 23.7 Å². The monoisotopic (exact) mass is 376 g/mol. The quantitative estimate of drug-likeness (QED) is 0.777. The molecule has 1 saturated carbocycles. The van der Waals surface area contributed by atoms with Gasteiger partial charge in [0.15, 0.2) is 0 Å². The van der Waals surface area contributed by atoms with Crippen molar-refractivity contribution in [1.29, 1.82) is 0 Å². The van der Waals surface area contributed by atoms with Gasteiger partial charge in [-0.2, -0.15) is 0 Å². The van der Waals surface area contributed by atoms with Crippen LogP contribution in [0.5, 0.6) is 5.75 Å². The van der Waals surface area contributed by atoms with Crippen LogP contribution in [0.1, 0.15) is 53.9 Å². The first-order chi connectivity index (χ1) is 12.6. The normalized spacial score (nSPS) is 22.8. The van der Waals surface area contributed by atoms with E-state index in [1.54, 1.807) is 20.8 Å². The number of hydrogen-bond acceptors (Lipinski definition) is 4. The molecule has 0 spiro atoms. The van der Waals surface area contributed by atoms with Crippen LogP contribution in [0.3, 0.4) is 0 Å². The average molecular weight is 376 g/mol. The van der Waals surface area contributed by atoms with E-state index in [2.05, 4.69) is 24.7 Å². The number of ether oxygens (including phenoxy) is 2. The van der Waals surface area contributed by atoms with Crippen molar-refractivity contribution in [2.75, 3.05) is 0 Å². The van der Waals surface area contributed by atoms with Crippen LogP contribution in [0.2, 0.25) is 0 Å². The van der Waals surface area contributed by atoms with E-state index in [0.29, 0.717) is 18.3 Å². The second-order valence-corrected chi connectivity index (χ2v) is 8.58. The van der Waals surface area contributed by atoms with Crippen LogP contribution < -0.4 is 15.6 Å². The summed E-state index contributed by atoms with van der Waals surface area (Å²) in [7, 11) is 0. The molecule has 6 nitrogen and oxygen atoms in total. The number of benzene rings is 1. The summed E-state index contributed by atoms with van der Waals surface area (Å²) in [4.78, 5) is 24.3.